The molecule has 0 aliphatic heterocycles. The van der Waals surface area contributed by atoms with Crippen molar-refractivity contribution in [2.75, 3.05) is 12.3 Å². The summed E-state index contributed by atoms with van der Waals surface area (Å²) >= 11 is 4.14. The fourth-order valence-corrected chi connectivity index (χ4v) is 1.72. The summed E-state index contributed by atoms with van der Waals surface area (Å²) in [7, 11) is 0. The number of aliphatic carboxylic acids is 1. The van der Waals surface area contributed by atoms with Gasteiger partial charge in [0.2, 0.25) is 5.91 Å². The number of carboxylic acid groups (broad SMARTS) is 1. The summed E-state index contributed by atoms with van der Waals surface area (Å²) in [5.74, 6) is -0.729. The lowest BCUT2D eigenvalue weighted by Crippen LogP contribution is -2.27. The molecule has 1 aromatic carbocycles. The van der Waals surface area contributed by atoms with Crippen LogP contribution in [0.15, 0.2) is 35.9 Å². The third-order valence-corrected chi connectivity index (χ3v) is 2.80. The maximum atomic E-state index is 11.8. The molecule has 0 aromatic heterocycles. The number of thiol groups is 1. The minimum Gasteiger partial charge on any atom is -0.481 e. The van der Waals surface area contributed by atoms with Gasteiger partial charge in [-0.2, -0.15) is 12.6 Å². The summed E-state index contributed by atoms with van der Waals surface area (Å²) in [4.78, 5) is 22.2. The predicted octanol–water partition coefficient (Wildman–Crippen LogP) is 1.98. The molecule has 5 heteroatoms. The number of hydrogen-bond acceptors (Lipinski definition) is 3. The van der Waals surface area contributed by atoms with E-state index >= 15 is 0 Å². The molecule has 0 atom stereocenters. The number of hydrogen-bond donors (Lipinski definition) is 3. The zero-order valence-electron chi connectivity index (χ0n) is 10.5. The average Bonchev–Trinajstić information content (AvgIpc) is 2.41. The van der Waals surface area contributed by atoms with Crippen LogP contribution in [0.5, 0.6) is 0 Å². The van der Waals surface area contributed by atoms with E-state index < -0.39 is 5.97 Å². The SMILES string of the molecule is O=C(O)CCCNC(=O)/C(=C\c1ccccc1)CS. The quantitative estimate of drug-likeness (QED) is 0.406. The van der Waals surface area contributed by atoms with E-state index in [0.29, 0.717) is 24.3 Å². The molecule has 0 aliphatic carbocycles. The highest BCUT2D eigenvalue weighted by Crippen LogP contribution is 2.08. The molecule has 0 unspecified atom stereocenters. The van der Waals surface area contributed by atoms with Crippen molar-refractivity contribution in [2.24, 2.45) is 0 Å². The first-order chi connectivity index (χ1) is 9.13. The van der Waals surface area contributed by atoms with E-state index in [1.165, 1.54) is 0 Å². The Morgan fingerprint density at radius 1 is 1.26 bits per heavy atom. The molecule has 0 bridgehead atoms. The Labute approximate surface area is 117 Å². The van der Waals surface area contributed by atoms with Gasteiger partial charge in [0.15, 0.2) is 0 Å². The molecule has 0 heterocycles. The number of nitrogens with one attached hydrogen (secondary N) is 1. The van der Waals surface area contributed by atoms with Crippen molar-refractivity contribution in [1.82, 2.24) is 5.32 Å². The molecule has 0 saturated carbocycles. The lowest BCUT2D eigenvalue weighted by atomic mass is 10.1. The van der Waals surface area contributed by atoms with E-state index in [9.17, 15) is 9.59 Å². The Morgan fingerprint density at radius 2 is 1.95 bits per heavy atom. The van der Waals surface area contributed by atoms with Crippen LogP contribution in [0.25, 0.3) is 6.08 Å². The Kier molecular flexibility index (Phi) is 6.74. The molecule has 19 heavy (non-hydrogen) atoms. The maximum Gasteiger partial charge on any atom is 0.303 e. The summed E-state index contributed by atoms with van der Waals surface area (Å²) in [6.45, 7) is 0.352. The van der Waals surface area contributed by atoms with Crippen LogP contribution in [0, 0.1) is 0 Å². The van der Waals surface area contributed by atoms with Crippen LogP contribution in [-0.4, -0.2) is 29.3 Å². The van der Waals surface area contributed by atoms with Gasteiger partial charge in [-0.25, -0.2) is 0 Å². The van der Waals surface area contributed by atoms with Gasteiger partial charge < -0.3 is 10.4 Å². The fraction of sp³-hybridized carbons (Fsp3) is 0.286. The number of benzene rings is 1. The van der Waals surface area contributed by atoms with E-state index in [0.717, 1.165) is 5.56 Å². The summed E-state index contributed by atoms with van der Waals surface area (Å²) in [5, 5.41) is 11.2. The van der Waals surface area contributed by atoms with Crippen LogP contribution >= 0.6 is 12.6 Å². The van der Waals surface area contributed by atoms with Crippen molar-refractivity contribution in [3.63, 3.8) is 0 Å². The van der Waals surface area contributed by atoms with Crippen molar-refractivity contribution in [1.29, 1.82) is 0 Å². The fourth-order valence-electron chi connectivity index (χ4n) is 1.49. The second-order valence-corrected chi connectivity index (χ2v) is 4.31. The van der Waals surface area contributed by atoms with E-state index in [-0.39, 0.29) is 12.3 Å². The van der Waals surface area contributed by atoms with Crippen LogP contribution in [0.4, 0.5) is 0 Å². The molecule has 2 N–H and O–H groups in total. The Hall–Kier alpha value is -1.75. The van der Waals surface area contributed by atoms with Gasteiger partial charge in [0.1, 0.15) is 0 Å². The standard InChI is InChI=1S/C14H17NO3S/c16-13(17)7-4-8-15-14(18)12(10-19)9-11-5-2-1-3-6-11/h1-3,5-6,9,19H,4,7-8,10H2,(H,15,18)(H,16,17)/b12-9-. The van der Waals surface area contributed by atoms with E-state index in [2.05, 4.69) is 17.9 Å². The number of rotatable bonds is 7. The molecule has 1 rings (SSSR count). The number of carbonyl (C=O) groups excluding carboxylic acids is 1. The van der Waals surface area contributed by atoms with Gasteiger partial charge in [-0.05, 0) is 18.1 Å². The normalized spacial score (nSPS) is 11.1. The first-order valence-corrected chi connectivity index (χ1v) is 6.63. The van der Waals surface area contributed by atoms with Gasteiger partial charge in [0, 0.05) is 24.3 Å². The first-order valence-electron chi connectivity index (χ1n) is 6.00. The summed E-state index contributed by atoms with van der Waals surface area (Å²) in [5.41, 5.74) is 1.50. The second-order valence-electron chi connectivity index (χ2n) is 3.99. The zero-order chi connectivity index (χ0) is 14.1. The molecule has 0 spiro atoms. The van der Waals surface area contributed by atoms with Crippen molar-refractivity contribution in [3.8, 4) is 0 Å². The molecule has 0 radical (unpaired) electrons. The molecular weight excluding hydrogens is 262 g/mol. The van der Waals surface area contributed by atoms with E-state index in [1.54, 1.807) is 6.08 Å². The summed E-state index contributed by atoms with van der Waals surface area (Å²) in [6, 6.07) is 9.51. The maximum absolute atomic E-state index is 11.8. The molecule has 0 saturated heterocycles. The van der Waals surface area contributed by atoms with Gasteiger partial charge >= 0.3 is 5.97 Å². The topological polar surface area (TPSA) is 66.4 Å². The third-order valence-electron chi connectivity index (χ3n) is 2.46. The summed E-state index contributed by atoms with van der Waals surface area (Å²) in [6.07, 6.45) is 2.25. The molecule has 102 valence electrons. The predicted molar refractivity (Wildman–Crippen MR) is 78.2 cm³/mol. The van der Waals surface area contributed by atoms with Gasteiger partial charge in [-0.15, -0.1) is 0 Å². The van der Waals surface area contributed by atoms with Crippen LogP contribution in [-0.2, 0) is 9.59 Å². The lowest BCUT2D eigenvalue weighted by Gasteiger charge is -2.06. The number of carbonyl (C=O) groups is 2. The van der Waals surface area contributed by atoms with E-state index in [4.69, 9.17) is 5.11 Å². The molecule has 0 fully saturated rings. The number of amides is 1. The van der Waals surface area contributed by atoms with E-state index in [1.807, 2.05) is 30.3 Å². The first kappa shape index (κ1) is 15.3. The monoisotopic (exact) mass is 279 g/mol. The minimum absolute atomic E-state index is 0.0545. The molecule has 0 aliphatic rings. The van der Waals surface area contributed by atoms with Crippen molar-refractivity contribution < 1.29 is 14.7 Å². The second kappa shape index (κ2) is 8.37. The summed E-state index contributed by atoms with van der Waals surface area (Å²) < 4.78 is 0. The highest BCUT2D eigenvalue weighted by Gasteiger charge is 2.07. The largest absolute Gasteiger partial charge is 0.481 e. The van der Waals surface area contributed by atoms with Crippen molar-refractivity contribution >= 4 is 30.6 Å². The highest BCUT2D eigenvalue weighted by atomic mass is 32.1. The molecule has 1 amide bonds. The minimum atomic E-state index is -0.858. The van der Waals surface area contributed by atoms with Gasteiger partial charge in [-0.3, -0.25) is 9.59 Å². The van der Waals surface area contributed by atoms with Crippen molar-refractivity contribution in [3.05, 3.63) is 41.5 Å². The molecular formula is C14H17NO3S. The van der Waals surface area contributed by atoms with Crippen LogP contribution in [0.3, 0.4) is 0 Å². The van der Waals surface area contributed by atoms with Gasteiger partial charge in [-0.1, -0.05) is 30.3 Å². The highest BCUT2D eigenvalue weighted by molar-refractivity contribution is 7.80. The Bertz CT molecular complexity index is 457. The third kappa shape index (κ3) is 6.10. The van der Waals surface area contributed by atoms with Gasteiger partial charge in [0.05, 0.1) is 0 Å². The van der Waals surface area contributed by atoms with Crippen LogP contribution in [0.2, 0.25) is 0 Å². The molecule has 4 nitrogen and oxygen atoms in total. The molecule has 1 aromatic rings. The average molecular weight is 279 g/mol. The lowest BCUT2D eigenvalue weighted by molar-refractivity contribution is -0.137. The van der Waals surface area contributed by atoms with Crippen LogP contribution in [0.1, 0.15) is 18.4 Å². The van der Waals surface area contributed by atoms with Crippen LogP contribution < -0.4 is 5.32 Å². The Morgan fingerprint density at radius 3 is 2.53 bits per heavy atom. The van der Waals surface area contributed by atoms with Gasteiger partial charge in [0.25, 0.3) is 0 Å². The smallest absolute Gasteiger partial charge is 0.303 e. The Balaban J connectivity index is 2.53. The number of carboxylic acids is 1. The van der Waals surface area contributed by atoms with Crippen molar-refractivity contribution in [2.45, 2.75) is 12.8 Å². The zero-order valence-corrected chi connectivity index (χ0v) is 11.4.